The second-order valence-electron chi connectivity index (χ2n) is 33.1. The van der Waals surface area contributed by atoms with Gasteiger partial charge in [0, 0.05) is 123 Å². The highest BCUT2D eigenvalue weighted by molar-refractivity contribution is 7.94. The summed E-state index contributed by atoms with van der Waals surface area (Å²) in [6.07, 6.45) is 30.5. The maximum absolute atomic E-state index is 14.7. The van der Waals surface area contributed by atoms with E-state index in [0.717, 1.165) is 147 Å². The fourth-order valence-corrected chi connectivity index (χ4v) is 24.2. The standard InChI is InChI=1S/2C42H51ClN4O5S/c2*1-27-6-4-8-39(51-3)35-12-9-30(35)22-47-25-42(15-5-7-28-16-33(43)11-13-37(28)42)26-52-40-14-10-29(19-38(40)47)41(49)45-53(50,23-27)24-34(48)17-31-18-36(31)32-20-44-46(2)21-32/h2*4,8,10-11,13-14,16,19-21,27,30-31,35-36,39H,5-7,9,12,15,17-18,22-26H2,1-3H3/b2*8-4+/t27-,30-,31+,35+,36+,39-,42-,53+;27-,30-,31-,35+,36-,39-,42-,53+/m00/s1. The average Bonchev–Trinajstić information content (AvgIpc) is 1.75. The van der Waals surface area contributed by atoms with Crippen LogP contribution in [0.2, 0.25) is 10.0 Å². The molecule has 0 saturated heterocycles. The lowest BCUT2D eigenvalue weighted by molar-refractivity contribution is -0.117. The predicted molar refractivity (Wildman–Crippen MR) is 417 cm³/mol. The van der Waals surface area contributed by atoms with Gasteiger partial charge in [-0.3, -0.25) is 28.5 Å². The van der Waals surface area contributed by atoms with Crippen molar-refractivity contribution in [3.8, 4) is 11.5 Å². The second-order valence-corrected chi connectivity index (χ2v) is 38.6. The Morgan fingerprint density at radius 3 is 1.42 bits per heavy atom. The molecule has 6 aromatic rings. The summed E-state index contributed by atoms with van der Waals surface area (Å²) in [6, 6.07) is 23.5. The van der Waals surface area contributed by atoms with E-state index in [2.05, 4.69) is 77.3 Å². The third kappa shape index (κ3) is 16.2. The molecule has 106 heavy (non-hydrogen) atoms. The minimum absolute atomic E-state index is 0.0297. The molecule has 4 aliphatic heterocycles. The Balaban J connectivity index is 0.000000170. The van der Waals surface area contributed by atoms with Crippen molar-refractivity contribution in [1.29, 1.82) is 0 Å². The molecule has 0 radical (unpaired) electrons. The Labute approximate surface area is 635 Å². The molecule has 0 unspecified atom stereocenters. The van der Waals surface area contributed by atoms with E-state index >= 15 is 0 Å². The molecule has 4 bridgehead atoms. The highest BCUT2D eigenvalue weighted by Gasteiger charge is 2.48. The lowest BCUT2D eigenvalue weighted by atomic mass is 9.68. The van der Waals surface area contributed by atoms with Crippen LogP contribution in [-0.4, -0.2) is 140 Å². The number of hydrogen-bond donors (Lipinski definition) is 0. The molecular formula is C84H102Cl2N8O10S2. The summed E-state index contributed by atoms with van der Waals surface area (Å²) >= 11 is 12.9. The third-order valence-corrected chi connectivity index (χ3v) is 30.2. The van der Waals surface area contributed by atoms with Crippen molar-refractivity contribution in [2.75, 3.05) is 86.4 Å². The van der Waals surface area contributed by atoms with E-state index in [1.54, 1.807) is 35.7 Å². The SMILES string of the molecule is CO[C@H]1/C=C/C[C@H](C)C[S@@](=O)(CC(=O)C[C@@H]2C[C@H]2c2cnn(C)c2)=NC(=O)c2ccc3c(c2)N(C[C@@H]2CC[C@H]21)C[C@@]1(CCCc2cc(Cl)ccc21)CO3.CO[C@H]1/C=C/C[C@H](C)C[S@@](=O)(CC(=O)C[C@H]2C[C@@H]2c2cnn(C)c2)=NC(=O)c2ccc3c(c2)N(C[C@@H]2CC[C@H]21)C[C@@]1(CCCc2cc(Cl)ccc21)CO3. The first kappa shape index (κ1) is 74.5. The molecule has 22 heteroatoms. The van der Waals surface area contributed by atoms with Crippen molar-refractivity contribution in [2.24, 2.45) is 70.2 Å². The molecule has 2 spiro atoms. The summed E-state index contributed by atoms with van der Waals surface area (Å²) < 4.78 is 67.4. The molecule has 10 aliphatic rings. The van der Waals surface area contributed by atoms with E-state index in [9.17, 15) is 27.6 Å². The molecular weight excluding hydrogens is 1420 g/mol. The quantitative estimate of drug-likeness (QED) is 0.105. The molecule has 16 atom stereocenters. The van der Waals surface area contributed by atoms with E-state index in [0.29, 0.717) is 73.7 Å². The normalized spacial score (nSPS) is 33.1. The molecule has 4 aromatic carbocycles. The molecule has 4 saturated carbocycles. The highest BCUT2D eigenvalue weighted by Crippen LogP contribution is 2.53. The number of rotatable bonds is 12. The van der Waals surface area contributed by atoms with Crippen LogP contribution in [0.25, 0.3) is 0 Å². The summed E-state index contributed by atoms with van der Waals surface area (Å²) in [4.78, 5) is 60.1. The van der Waals surface area contributed by atoms with Crippen LogP contribution in [0, 0.1) is 47.3 Å². The van der Waals surface area contributed by atoms with Gasteiger partial charge in [0.25, 0.3) is 11.8 Å². The largest absolute Gasteiger partial charge is 0.490 e. The van der Waals surface area contributed by atoms with Crippen LogP contribution in [0.4, 0.5) is 11.4 Å². The minimum atomic E-state index is -3.20. The van der Waals surface area contributed by atoms with Gasteiger partial charge in [-0.25, -0.2) is 8.42 Å². The van der Waals surface area contributed by atoms with Gasteiger partial charge < -0.3 is 28.7 Å². The molecule has 6 aliphatic carbocycles. The Bertz CT molecular complexity index is 4400. The van der Waals surface area contributed by atoms with E-state index in [-0.39, 0.29) is 93.1 Å². The number of amides is 2. The first-order valence-corrected chi connectivity index (χ1v) is 43.0. The number of halogens is 2. The number of Topliss-reactive ketones (excluding diaryl/α,β-unsaturated/α-hetero) is 2. The number of aromatic nitrogens is 4. The lowest BCUT2D eigenvalue weighted by Crippen LogP contribution is -2.49. The van der Waals surface area contributed by atoms with Crippen LogP contribution in [0.1, 0.15) is 170 Å². The van der Waals surface area contributed by atoms with Gasteiger partial charge in [-0.15, -0.1) is 0 Å². The Morgan fingerprint density at radius 2 is 1.03 bits per heavy atom. The first-order chi connectivity index (χ1) is 51.0. The number of hydrogen-bond acceptors (Lipinski definition) is 14. The number of carbonyl (C=O) groups is 4. The summed E-state index contributed by atoms with van der Waals surface area (Å²) in [6.45, 7) is 8.18. The van der Waals surface area contributed by atoms with Crippen LogP contribution in [0.15, 0.2) is 131 Å². The van der Waals surface area contributed by atoms with Crippen LogP contribution in [0.5, 0.6) is 11.5 Å². The number of fused-ring (bicyclic) bond motifs is 8. The number of allylic oxidation sites excluding steroid dienone is 2. The fraction of sp³-hybridized carbons (Fsp3) is 0.548. The zero-order valence-electron chi connectivity index (χ0n) is 62.1. The number of ketones is 2. The minimum Gasteiger partial charge on any atom is -0.490 e. The van der Waals surface area contributed by atoms with Gasteiger partial charge in [0.15, 0.2) is 0 Å². The molecule has 564 valence electrons. The Hall–Kier alpha value is -6.94. The molecule has 2 aromatic heterocycles. The van der Waals surface area contributed by atoms with Crippen molar-refractivity contribution < 1.29 is 46.5 Å². The Kier molecular flexibility index (Phi) is 21.7. The summed E-state index contributed by atoms with van der Waals surface area (Å²) in [5.41, 5.74) is 9.36. The number of nitrogens with zero attached hydrogens (tertiary/aromatic N) is 8. The van der Waals surface area contributed by atoms with Gasteiger partial charge in [-0.2, -0.15) is 18.9 Å². The van der Waals surface area contributed by atoms with Crippen molar-refractivity contribution in [2.45, 2.75) is 151 Å². The first-order valence-electron chi connectivity index (χ1n) is 38.6. The topological polar surface area (TPSA) is 206 Å². The second kappa shape index (κ2) is 30.8. The van der Waals surface area contributed by atoms with Crippen LogP contribution >= 0.6 is 23.2 Å². The molecule has 6 heterocycles. The van der Waals surface area contributed by atoms with E-state index in [1.165, 1.54) is 22.3 Å². The van der Waals surface area contributed by atoms with Gasteiger partial charge in [-0.05, 0) is 243 Å². The number of carbonyl (C=O) groups excluding carboxylic acids is 4. The fourth-order valence-electron chi connectivity index (χ4n) is 19.2. The monoisotopic (exact) mass is 1520 g/mol. The van der Waals surface area contributed by atoms with Crippen molar-refractivity contribution in [1.82, 2.24) is 19.6 Å². The maximum atomic E-state index is 14.7. The zero-order chi connectivity index (χ0) is 73.8. The zero-order valence-corrected chi connectivity index (χ0v) is 65.2. The molecule has 0 N–H and O–H groups in total. The van der Waals surface area contributed by atoms with E-state index < -0.39 is 31.3 Å². The van der Waals surface area contributed by atoms with Crippen LogP contribution < -0.4 is 19.3 Å². The smallest absolute Gasteiger partial charge is 0.285 e. The molecule has 18 nitrogen and oxygen atoms in total. The third-order valence-electron chi connectivity index (χ3n) is 25.0. The van der Waals surface area contributed by atoms with Gasteiger partial charge in [0.05, 0.1) is 80.2 Å². The molecule has 4 fully saturated rings. The molecule has 16 rings (SSSR count). The summed E-state index contributed by atoms with van der Waals surface area (Å²) in [7, 11) is 0.949. The van der Waals surface area contributed by atoms with Crippen molar-refractivity contribution in [3.63, 3.8) is 0 Å². The summed E-state index contributed by atoms with van der Waals surface area (Å²) in [5.74, 6) is 2.49. The van der Waals surface area contributed by atoms with Gasteiger partial charge in [-0.1, -0.05) is 73.5 Å². The van der Waals surface area contributed by atoms with E-state index in [4.69, 9.17) is 42.1 Å². The van der Waals surface area contributed by atoms with Gasteiger partial charge >= 0.3 is 0 Å². The van der Waals surface area contributed by atoms with Gasteiger partial charge in [0.2, 0.25) is 0 Å². The van der Waals surface area contributed by atoms with Crippen LogP contribution in [-0.2, 0) is 76.3 Å². The van der Waals surface area contributed by atoms with Crippen molar-refractivity contribution in [3.05, 3.63) is 176 Å². The molecule has 2 amide bonds. The average molecular weight is 1520 g/mol. The maximum Gasteiger partial charge on any atom is 0.285 e. The summed E-state index contributed by atoms with van der Waals surface area (Å²) in [5, 5.41) is 10.1. The number of methoxy groups -OCH3 is 2. The van der Waals surface area contributed by atoms with Crippen molar-refractivity contribution >= 4 is 77.4 Å². The number of aryl methyl sites for hydroxylation is 4. The lowest BCUT2D eigenvalue weighted by Gasteiger charge is -2.46. The van der Waals surface area contributed by atoms with Crippen LogP contribution in [0.3, 0.4) is 0 Å². The highest BCUT2D eigenvalue weighted by atomic mass is 35.5. The predicted octanol–water partition coefficient (Wildman–Crippen LogP) is 15.1. The number of anilines is 2. The van der Waals surface area contributed by atoms with Gasteiger partial charge in [0.1, 0.15) is 23.1 Å². The van der Waals surface area contributed by atoms with E-state index in [1.807, 2.05) is 89.1 Å². The Morgan fingerprint density at radius 1 is 0.594 bits per heavy atom. The number of benzene rings is 4. The number of ether oxygens (including phenoxy) is 4.